The van der Waals surface area contributed by atoms with Gasteiger partial charge in [-0.25, -0.2) is 4.79 Å². The number of carboxylic acid groups (broad SMARTS) is 1. The Hall–Kier alpha value is -3.43. The highest BCUT2D eigenvalue weighted by atomic mass is 16.8. The van der Waals surface area contributed by atoms with Crippen LogP contribution < -0.4 is 9.75 Å². The average molecular weight is 315 g/mol. The monoisotopic (exact) mass is 315 g/mol. The summed E-state index contributed by atoms with van der Waals surface area (Å²) in [5, 5.41) is 40.8. The van der Waals surface area contributed by atoms with E-state index in [2.05, 4.69) is 14.9 Å². The molecule has 0 unspecified atom stereocenters. The van der Waals surface area contributed by atoms with Gasteiger partial charge in [-0.2, -0.15) is 0 Å². The van der Waals surface area contributed by atoms with E-state index in [4.69, 9.17) is 5.11 Å². The van der Waals surface area contributed by atoms with Crippen LogP contribution in [0.25, 0.3) is 17.1 Å². The van der Waals surface area contributed by atoms with Crippen molar-refractivity contribution in [2.75, 3.05) is 0 Å². The van der Waals surface area contributed by atoms with Crippen LogP contribution in [0.5, 0.6) is 0 Å². The van der Waals surface area contributed by atoms with Gasteiger partial charge in [-0.05, 0) is 27.9 Å². The summed E-state index contributed by atoms with van der Waals surface area (Å²) in [6.45, 7) is 0. The van der Waals surface area contributed by atoms with Crippen LogP contribution in [0.15, 0.2) is 28.9 Å². The Kier molecular flexibility index (Phi) is 2.61. The normalized spacial score (nSPS) is 12.7. The molecule has 10 nitrogen and oxygen atoms in total. The molecule has 116 valence electrons. The highest BCUT2D eigenvalue weighted by Gasteiger charge is 2.39. The zero-order chi connectivity index (χ0) is 16.1. The zero-order valence-corrected chi connectivity index (χ0v) is 11.5. The van der Waals surface area contributed by atoms with Crippen molar-refractivity contribution in [2.24, 2.45) is 0 Å². The summed E-state index contributed by atoms with van der Waals surface area (Å²) in [4.78, 5) is 13.0. The summed E-state index contributed by atoms with van der Waals surface area (Å²) in [5.74, 6) is -1.10. The number of benzene rings is 1. The molecule has 0 amide bonds. The topological polar surface area (TPSA) is 135 Å². The van der Waals surface area contributed by atoms with Gasteiger partial charge >= 0.3 is 17.4 Å². The van der Waals surface area contributed by atoms with Gasteiger partial charge in [0, 0.05) is 12.8 Å². The Balaban J connectivity index is 1.89. The molecule has 0 aliphatic heterocycles. The van der Waals surface area contributed by atoms with Gasteiger partial charge in [0.15, 0.2) is 5.69 Å². The number of aromatic nitrogens is 5. The predicted molar refractivity (Wildman–Crippen MR) is 71.3 cm³/mol. The van der Waals surface area contributed by atoms with E-state index >= 15 is 0 Å². The molecule has 0 saturated carbocycles. The molecule has 4 rings (SSSR count). The molecule has 10 heteroatoms. The maximum absolute atomic E-state index is 12.4. The van der Waals surface area contributed by atoms with E-state index in [-0.39, 0.29) is 17.0 Å². The molecule has 0 radical (unpaired) electrons. The number of rotatable bonds is 2. The molecule has 1 aliphatic carbocycles. The predicted octanol–water partition coefficient (Wildman–Crippen LogP) is -0.409. The van der Waals surface area contributed by atoms with Crippen LogP contribution in [0.2, 0.25) is 0 Å². The van der Waals surface area contributed by atoms with E-state index in [0.717, 1.165) is 4.80 Å². The van der Waals surface area contributed by atoms with Crippen LogP contribution in [0.1, 0.15) is 21.7 Å². The van der Waals surface area contributed by atoms with Crippen LogP contribution in [-0.4, -0.2) is 26.1 Å². The number of hydrogen-bond donors (Lipinski definition) is 1. The standard InChI is InChI=1S/C13H9N5O5/c19-13(20)7-2-1-3-8(6-7)16-14-11-9(17(16)21)4-5-10-12(11)15-23-18(10)22/h1-3,6H,4-5H2,(H,19,20). The fraction of sp³-hybridized carbons (Fsp3) is 0.154. The second-order valence-electron chi connectivity index (χ2n) is 5.04. The lowest BCUT2D eigenvalue weighted by Gasteiger charge is -2.07. The Bertz CT molecular complexity index is 944. The van der Waals surface area contributed by atoms with Crippen molar-refractivity contribution >= 4 is 5.97 Å². The van der Waals surface area contributed by atoms with Gasteiger partial charge in [-0.3, -0.25) is 4.63 Å². The third-order valence-corrected chi connectivity index (χ3v) is 3.72. The van der Waals surface area contributed by atoms with Crippen molar-refractivity contribution in [3.05, 3.63) is 51.6 Å². The molecule has 1 aromatic carbocycles. The van der Waals surface area contributed by atoms with Crippen LogP contribution in [0.3, 0.4) is 0 Å². The molecule has 23 heavy (non-hydrogen) atoms. The zero-order valence-electron chi connectivity index (χ0n) is 11.5. The minimum Gasteiger partial charge on any atom is -0.692 e. The Morgan fingerprint density at radius 2 is 2.04 bits per heavy atom. The van der Waals surface area contributed by atoms with Crippen molar-refractivity contribution in [2.45, 2.75) is 12.8 Å². The van der Waals surface area contributed by atoms with E-state index < -0.39 is 5.97 Å². The minimum atomic E-state index is -1.10. The first kappa shape index (κ1) is 13.2. The van der Waals surface area contributed by atoms with Gasteiger partial charge < -0.3 is 15.5 Å². The molecule has 3 aromatic rings. The molecule has 1 N–H and O–H groups in total. The Morgan fingerprint density at radius 3 is 2.83 bits per heavy atom. The molecule has 0 bridgehead atoms. The third kappa shape index (κ3) is 1.84. The second-order valence-corrected chi connectivity index (χ2v) is 5.04. The van der Waals surface area contributed by atoms with Crippen LogP contribution in [-0.2, 0) is 12.8 Å². The fourth-order valence-corrected chi connectivity index (χ4v) is 2.61. The molecule has 0 saturated heterocycles. The smallest absolute Gasteiger partial charge is 0.335 e. The molecule has 2 heterocycles. The summed E-state index contributed by atoms with van der Waals surface area (Å²) in [5.41, 5.74) is 1.51. The summed E-state index contributed by atoms with van der Waals surface area (Å²) in [6.07, 6.45) is 0.631. The molecule has 2 aromatic heterocycles. The van der Waals surface area contributed by atoms with Crippen molar-refractivity contribution in [3.8, 4) is 17.1 Å². The molecular formula is C13H9N5O5. The van der Waals surface area contributed by atoms with E-state index in [1.165, 1.54) is 18.2 Å². The first-order valence-corrected chi connectivity index (χ1v) is 6.70. The van der Waals surface area contributed by atoms with E-state index in [1.807, 2.05) is 0 Å². The van der Waals surface area contributed by atoms with Crippen molar-refractivity contribution in [3.63, 3.8) is 0 Å². The van der Waals surface area contributed by atoms with Crippen LogP contribution >= 0.6 is 0 Å². The van der Waals surface area contributed by atoms with Gasteiger partial charge in [-0.1, -0.05) is 6.07 Å². The fourth-order valence-electron chi connectivity index (χ4n) is 2.61. The average Bonchev–Trinajstić information content (AvgIpc) is 3.09. The van der Waals surface area contributed by atoms with Gasteiger partial charge in [0.05, 0.1) is 15.8 Å². The molecular weight excluding hydrogens is 306 g/mol. The number of carbonyl (C=O) groups is 1. The summed E-state index contributed by atoms with van der Waals surface area (Å²) >= 11 is 0. The van der Waals surface area contributed by atoms with Gasteiger partial charge in [0.1, 0.15) is 5.69 Å². The van der Waals surface area contributed by atoms with Crippen LogP contribution in [0.4, 0.5) is 0 Å². The number of aromatic carboxylic acids is 1. The molecule has 1 aliphatic rings. The minimum absolute atomic E-state index is 0.0375. The summed E-state index contributed by atoms with van der Waals surface area (Å²) in [6, 6.07) is 5.84. The van der Waals surface area contributed by atoms with Crippen molar-refractivity contribution in [1.82, 2.24) is 15.1 Å². The first-order valence-electron chi connectivity index (χ1n) is 6.70. The lowest BCUT2D eigenvalue weighted by atomic mass is 10.0. The SMILES string of the molecule is O=C(O)c1cccc(-n2nc3c([n+]2[O-])CCc2c-3no[n+]2[O-])c1. The van der Waals surface area contributed by atoms with Crippen LogP contribution in [0, 0.1) is 10.4 Å². The lowest BCUT2D eigenvalue weighted by molar-refractivity contribution is -0.808. The van der Waals surface area contributed by atoms with Crippen molar-refractivity contribution in [1.29, 1.82) is 0 Å². The molecule has 0 fully saturated rings. The van der Waals surface area contributed by atoms with E-state index in [0.29, 0.717) is 39.7 Å². The van der Waals surface area contributed by atoms with E-state index in [9.17, 15) is 15.2 Å². The Morgan fingerprint density at radius 1 is 1.26 bits per heavy atom. The summed E-state index contributed by atoms with van der Waals surface area (Å²) < 4.78 is 4.55. The lowest BCUT2D eigenvalue weighted by Crippen LogP contribution is -2.41. The largest absolute Gasteiger partial charge is 0.692 e. The molecule has 0 atom stereocenters. The quantitative estimate of drug-likeness (QED) is 0.501. The second kappa shape index (κ2) is 4.53. The highest BCUT2D eigenvalue weighted by molar-refractivity contribution is 5.88. The van der Waals surface area contributed by atoms with E-state index in [1.54, 1.807) is 6.07 Å². The maximum atomic E-state index is 12.4. The van der Waals surface area contributed by atoms with Crippen molar-refractivity contribution < 1.29 is 24.3 Å². The maximum Gasteiger partial charge on any atom is 0.335 e. The highest BCUT2D eigenvalue weighted by Crippen LogP contribution is 2.27. The van der Waals surface area contributed by atoms with Gasteiger partial charge in [0.25, 0.3) is 0 Å². The number of hydrogen-bond acceptors (Lipinski definition) is 6. The molecule has 0 spiro atoms. The Labute approximate surface area is 127 Å². The van der Waals surface area contributed by atoms with Gasteiger partial charge in [-0.15, -0.1) is 4.85 Å². The number of carboxylic acids is 1. The first-order chi connectivity index (χ1) is 11.1. The summed E-state index contributed by atoms with van der Waals surface area (Å²) in [7, 11) is 0. The van der Waals surface area contributed by atoms with Gasteiger partial charge in [0.2, 0.25) is 5.69 Å². The number of fused-ring (bicyclic) bond motifs is 3. The number of nitrogens with zero attached hydrogens (tertiary/aromatic N) is 5. The third-order valence-electron chi connectivity index (χ3n) is 3.72.